The van der Waals surface area contributed by atoms with Crippen molar-refractivity contribution in [2.24, 2.45) is 0 Å². The van der Waals surface area contributed by atoms with Crippen LogP contribution in [0, 0.1) is 0 Å². The lowest BCUT2D eigenvalue weighted by molar-refractivity contribution is -0.158. The number of ether oxygens (including phenoxy) is 3. The van der Waals surface area contributed by atoms with E-state index in [0.717, 1.165) is 12.7 Å². The van der Waals surface area contributed by atoms with E-state index in [1.54, 1.807) is 32.9 Å². The summed E-state index contributed by atoms with van der Waals surface area (Å²) < 4.78 is 14.6. The number of amides is 1. The van der Waals surface area contributed by atoms with Gasteiger partial charge >= 0.3 is 18.0 Å². The highest BCUT2D eigenvalue weighted by Crippen LogP contribution is 2.08. The van der Waals surface area contributed by atoms with Crippen LogP contribution in [0.15, 0.2) is 30.3 Å². The second-order valence-corrected chi connectivity index (χ2v) is 6.14. The Morgan fingerprint density at radius 3 is 2.29 bits per heavy atom. The monoisotopic (exact) mass is 337 g/mol. The van der Waals surface area contributed by atoms with Crippen LogP contribution in [0.2, 0.25) is 0 Å². The van der Waals surface area contributed by atoms with Crippen molar-refractivity contribution in [3.63, 3.8) is 0 Å². The van der Waals surface area contributed by atoms with Crippen LogP contribution in [0.25, 0.3) is 0 Å². The summed E-state index contributed by atoms with van der Waals surface area (Å²) in [7, 11) is 1.15. The van der Waals surface area contributed by atoms with Crippen molar-refractivity contribution < 1.29 is 28.6 Å². The average molecular weight is 337 g/mol. The first-order chi connectivity index (χ1) is 11.2. The number of hydrogen-bond donors (Lipinski definition) is 1. The van der Waals surface area contributed by atoms with Crippen molar-refractivity contribution in [2.45, 2.75) is 45.4 Å². The maximum atomic E-state index is 11.9. The Morgan fingerprint density at radius 1 is 1.12 bits per heavy atom. The molecule has 0 saturated heterocycles. The fourth-order valence-corrected chi connectivity index (χ4v) is 1.72. The fourth-order valence-electron chi connectivity index (χ4n) is 1.72. The zero-order chi connectivity index (χ0) is 18.2. The number of carbonyl (C=O) groups is 3. The van der Waals surface area contributed by atoms with Crippen molar-refractivity contribution in [2.75, 3.05) is 7.11 Å². The van der Waals surface area contributed by atoms with Crippen molar-refractivity contribution in [1.29, 1.82) is 0 Å². The number of rotatable bonds is 6. The van der Waals surface area contributed by atoms with Crippen LogP contribution in [-0.4, -0.2) is 36.8 Å². The lowest BCUT2D eigenvalue weighted by Gasteiger charge is -2.22. The molecule has 0 bridgehead atoms. The molecule has 0 heterocycles. The van der Waals surface area contributed by atoms with Crippen LogP contribution in [-0.2, 0) is 30.4 Å². The molecule has 0 aliphatic heterocycles. The summed E-state index contributed by atoms with van der Waals surface area (Å²) in [5.74, 6) is -1.49. The Bertz CT molecular complexity index is 564. The Hall–Kier alpha value is -2.57. The third-order valence-electron chi connectivity index (χ3n) is 2.79. The van der Waals surface area contributed by atoms with Gasteiger partial charge in [0.15, 0.2) is 0 Å². The van der Waals surface area contributed by atoms with E-state index in [2.05, 4.69) is 10.1 Å². The number of benzene rings is 1. The predicted molar refractivity (Wildman–Crippen MR) is 86.0 cm³/mol. The minimum Gasteiger partial charge on any atom is -0.466 e. The minimum absolute atomic E-state index is 0.0712. The molecule has 0 aromatic heterocycles. The SMILES string of the molecule is COC(=O)C(CC(=O)OCc1ccccc1)OC(=O)NC(C)(C)C. The smallest absolute Gasteiger partial charge is 0.408 e. The van der Waals surface area contributed by atoms with Gasteiger partial charge in [0.2, 0.25) is 6.10 Å². The number of methoxy groups -OCH3 is 1. The van der Waals surface area contributed by atoms with Gasteiger partial charge in [-0.15, -0.1) is 0 Å². The van der Waals surface area contributed by atoms with Gasteiger partial charge in [-0.1, -0.05) is 30.3 Å². The quantitative estimate of drug-likeness (QED) is 0.632. The van der Waals surface area contributed by atoms with Crippen LogP contribution >= 0.6 is 0 Å². The van der Waals surface area contributed by atoms with E-state index < -0.39 is 36.1 Å². The highest BCUT2D eigenvalue weighted by Gasteiger charge is 2.29. The molecule has 0 fully saturated rings. The average Bonchev–Trinajstić information content (AvgIpc) is 2.50. The number of nitrogens with one attached hydrogen (secondary N) is 1. The molecule has 1 atom stereocenters. The molecule has 7 nitrogen and oxygen atoms in total. The van der Waals surface area contributed by atoms with E-state index >= 15 is 0 Å². The van der Waals surface area contributed by atoms with E-state index in [1.807, 2.05) is 18.2 Å². The standard InChI is InChI=1S/C17H23NO6/c1-17(2,3)18-16(21)24-13(15(20)22-4)10-14(19)23-11-12-8-6-5-7-9-12/h5-9,13H,10-11H2,1-4H3,(H,18,21). The van der Waals surface area contributed by atoms with Crippen LogP contribution in [0.1, 0.15) is 32.8 Å². The van der Waals surface area contributed by atoms with Gasteiger partial charge in [-0.05, 0) is 26.3 Å². The summed E-state index contributed by atoms with van der Waals surface area (Å²) in [6.07, 6.45) is -2.59. The summed E-state index contributed by atoms with van der Waals surface area (Å²) >= 11 is 0. The molecule has 24 heavy (non-hydrogen) atoms. The van der Waals surface area contributed by atoms with Gasteiger partial charge in [0.1, 0.15) is 6.61 Å². The topological polar surface area (TPSA) is 90.9 Å². The summed E-state index contributed by atoms with van der Waals surface area (Å²) in [5, 5.41) is 2.54. The zero-order valence-electron chi connectivity index (χ0n) is 14.3. The van der Waals surface area contributed by atoms with E-state index in [-0.39, 0.29) is 6.61 Å². The highest BCUT2D eigenvalue weighted by molar-refractivity contribution is 5.84. The molecule has 1 aromatic rings. The molecule has 0 radical (unpaired) electrons. The van der Waals surface area contributed by atoms with Gasteiger partial charge in [-0.3, -0.25) is 4.79 Å². The second kappa shape index (κ2) is 8.90. The molecule has 1 amide bonds. The van der Waals surface area contributed by atoms with Crippen molar-refractivity contribution in [3.8, 4) is 0 Å². The van der Waals surface area contributed by atoms with Gasteiger partial charge in [-0.25, -0.2) is 9.59 Å². The van der Waals surface area contributed by atoms with Crippen LogP contribution < -0.4 is 5.32 Å². The maximum Gasteiger partial charge on any atom is 0.408 e. The van der Waals surface area contributed by atoms with Gasteiger partial charge in [0, 0.05) is 5.54 Å². The van der Waals surface area contributed by atoms with Crippen LogP contribution in [0.4, 0.5) is 4.79 Å². The molecule has 0 aliphatic rings. The Labute approximate surface area is 141 Å². The van der Waals surface area contributed by atoms with Crippen molar-refractivity contribution in [3.05, 3.63) is 35.9 Å². The van der Waals surface area contributed by atoms with Gasteiger partial charge in [-0.2, -0.15) is 0 Å². The summed E-state index contributed by atoms with van der Waals surface area (Å²) in [5.41, 5.74) is 0.276. The Balaban J connectivity index is 2.57. The lowest BCUT2D eigenvalue weighted by atomic mass is 10.1. The molecule has 132 valence electrons. The molecule has 0 spiro atoms. The van der Waals surface area contributed by atoms with Crippen molar-refractivity contribution in [1.82, 2.24) is 5.32 Å². The van der Waals surface area contributed by atoms with E-state index in [4.69, 9.17) is 9.47 Å². The molecular weight excluding hydrogens is 314 g/mol. The molecular formula is C17H23NO6. The number of esters is 2. The Kier molecular flexibility index (Phi) is 7.23. The first-order valence-electron chi connectivity index (χ1n) is 7.47. The predicted octanol–water partition coefficient (Wildman–Crippen LogP) is 2.19. The molecule has 0 saturated carbocycles. The zero-order valence-corrected chi connectivity index (χ0v) is 14.3. The first-order valence-corrected chi connectivity index (χ1v) is 7.47. The maximum absolute atomic E-state index is 11.9. The summed E-state index contributed by atoms with van der Waals surface area (Å²) in [4.78, 5) is 35.3. The van der Waals surface area contributed by atoms with Crippen LogP contribution in [0.5, 0.6) is 0 Å². The third-order valence-corrected chi connectivity index (χ3v) is 2.79. The Morgan fingerprint density at radius 2 is 1.75 bits per heavy atom. The number of hydrogen-bond acceptors (Lipinski definition) is 6. The molecule has 7 heteroatoms. The summed E-state index contributed by atoms with van der Waals surface area (Å²) in [6, 6.07) is 9.09. The van der Waals surface area contributed by atoms with E-state index in [1.165, 1.54) is 0 Å². The molecule has 1 aromatic carbocycles. The highest BCUT2D eigenvalue weighted by atomic mass is 16.6. The summed E-state index contributed by atoms with van der Waals surface area (Å²) in [6.45, 7) is 5.35. The normalized spacial score (nSPS) is 12.0. The van der Waals surface area contributed by atoms with Crippen LogP contribution in [0.3, 0.4) is 0 Å². The molecule has 1 rings (SSSR count). The molecule has 1 N–H and O–H groups in total. The second-order valence-electron chi connectivity index (χ2n) is 6.14. The number of carbonyl (C=O) groups excluding carboxylic acids is 3. The third kappa shape index (κ3) is 7.62. The lowest BCUT2D eigenvalue weighted by Crippen LogP contribution is -2.44. The molecule has 0 aliphatic carbocycles. The van der Waals surface area contributed by atoms with E-state index in [0.29, 0.717) is 0 Å². The van der Waals surface area contributed by atoms with Gasteiger partial charge in [0.05, 0.1) is 13.5 Å². The number of alkyl carbamates (subject to hydrolysis) is 1. The van der Waals surface area contributed by atoms with E-state index in [9.17, 15) is 14.4 Å². The minimum atomic E-state index is -1.36. The van der Waals surface area contributed by atoms with Gasteiger partial charge in [0.25, 0.3) is 0 Å². The fraction of sp³-hybridized carbons (Fsp3) is 0.471. The van der Waals surface area contributed by atoms with Crippen molar-refractivity contribution >= 4 is 18.0 Å². The molecule has 1 unspecified atom stereocenters. The first kappa shape index (κ1) is 19.5. The largest absolute Gasteiger partial charge is 0.466 e. The van der Waals surface area contributed by atoms with Gasteiger partial charge < -0.3 is 19.5 Å².